The van der Waals surface area contributed by atoms with E-state index in [9.17, 15) is 0 Å². The topological polar surface area (TPSA) is 63.9 Å². The van der Waals surface area contributed by atoms with Gasteiger partial charge in [0.2, 0.25) is 0 Å². The minimum atomic E-state index is -0.0223. The second kappa shape index (κ2) is 3.60. The van der Waals surface area contributed by atoms with Crippen molar-refractivity contribution in [3.05, 3.63) is 35.9 Å². The molecule has 3 N–H and O–H groups in total. The molecule has 0 radical (unpaired) electrons. The quantitative estimate of drug-likeness (QED) is 0.848. The third kappa shape index (κ3) is 1.70. The summed E-state index contributed by atoms with van der Waals surface area (Å²) in [5.74, 6) is 0.514. The van der Waals surface area contributed by atoms with E-state index in [-0.39, 0.29) is 5.60 Å². The molecule has 1 aliphatic rings. The monoisotopic (exact) mass is 229 g/mol. The normalized spacial score (nSPS) is 17.0. The number of nitrogens with zero attached hydrogens (tertiary/aromatic N) is 1. The fraction of sp³-hybridized carbons (Fsp3) is 0.308. The van der Waals surface area contributed by atoms with Crippen molar-refractivity contribution in [2.75, 3.05) is 12.8 Å². The Morgan fingerprint density at radius 2 is 2.00 bits per heavy atom. The summed E-state index contributed by atoms with van der Waals surface area (Å²) in [5, 5.41) is 6.82. The van der Waals surface area contributed by atoms with Crippen LogP contribution in [0.1, 0.15) is 18.4 Å². The number of anilines is 1. The van der Waals surface area contributed by atoms with Crippen LogP contribution in [0.2, 0.25) is 0 Å². The van der Waals surface area contributed by atoms with E-state index in [1.165, 1.54) is 5.56 Å². The van der Waals surface area contributed by atoms with Crippen molar-refractivity contribution in [2.24, 2.45) is 0 Å². The molecule has 1 saturated carbocycles. The van der Waals surface area contributed by atoms with Crippen LogP contribution in [0.25, 0.3) is 11.3 Å². The van der Waals surface area contributed by atoms with Crippen LogP contribution < -0.4 is 5.73 Å². The number of nitrogen functional groups attached to an aromatic ring is 1. The second-order valence-corrected chi connectivity index (χ2v) is 4.48. The minimum absolute atomic E-state index is 0.0223. The Hall–Kier alpha value is -1.81. The molecule has 3 rings (SSSR count). The Labute approximate surface area is 99.8 Å². The van der Waals surface area contributed by atoms with Crippen LogP contribution in [0.4, 0.5) is 5.82 Å². The highest BCUT2D eigenvalue weighted by Gasteiger charge is 2.44. The highest BCUT2D eigenvalue weighted by molar-refractivity contribution is 5.62. The highest BCUT2D eigenvalue weighted by Crippen LogP contribution is 2.48. The van der Waals surface area contributed by atoms with Gasteiger partial charge in [0, 0.05) is 13.2 Å². The largest absolute Gasteiger partial charge is 0.382 e. The number of hydrogen-bond donors (Lipinski definition) is 2. The van der Waals surface area contributed by atoms with Gasteiger partial charge in [-0.15, -0.1) is 0 Å². The van der Waals surface area contributed by atoms with Crippen molar-refractivity contribution in [3.63, 3.8) is 0 Å². The molecule has 1 heterocycles. The average molecular weight is 229 g/mol. The SMILES string of the molecule is COC1(c2ccc(-c3cc(N)n[nH]3)cc2)CC1. The molecule has 1 aliphatic carbocycles. The van der Waals surface area contributed by atoms with Crippen LogP contribution in [0.5, 0.6) is 0 Å². The Balaban J connectivity index is 1.90. The molecular formula is C13H15N3O. The zero-order valence-electron chi connectivity index (χ0n) is 9.73. The molecule has 1 aromatic heterocycles. The molecule has 0 bridgehead atoms. The number of H-pyrrole nitrogens is 1. The van der Waals surface area contributed by atoms with Crippen LogP contribution in [-0.4, -0.2) is 17.3 Å². The summed E-state index contributed by atoms with van der Waals surface area (Å²) in [6.07, 6.45) is 2.22. The number of rotatable bonds is 3. The van der Waals surface area contributed by atoms with Crippen molar-refractivity contribution in [1.29, 1.82) is 0 Å². The first-order chi connectivity index (χ1) is 8.23. The molecule has 2 aromatic rings. The lowest BCUT2D eigenvalue weighted by atomic mass is 10.0. The van der Waals surface area contributed by atoms with E-state index in [1.807, 2.05) is 6.07 Å². The van der Waals surface area contributed by atoms with Gasteiger partial charge in [0.05, 0.1) is 11.3 Å². The number of ether oxygens (including phenoxy) is 1. The highest BCUT2D eigenvalue weighted by atomic mass is 16.5. The van der Waals surface area contributed by atoms with Gasteiger partial charge in [0.1, 0.15) is 5.82 Å². The van der Waals surface area contributed by atoms with E-state index in [4.69, 9.17) is 10.5 Å². The van der Waals surface area contributed by atoms with Crippen molar-refractivity contribution in [1.82, 2.24) is 10.2 Å². The van der Waals surface area contributed by atoms with Gasteiger partial charge < -0.3 is 10.5 Å². The van der Waals surface area contributed by atoms with E-state index in [0.29, 0.717) is 5.82 Å². The van der Waals surface area contributed by atoms with Crippen LogP contribution in [-0.2, 0) is 10.3 Å². The Morgan fingerprint density at radius 3 is 2.47 bits per heavy atom. The maximum atomic E-state index is 5.58. The summed E-state index contributed by atoms with van der Waals surface area (Å²) >= 11 is 0. The smallest absolute Gasteiger partial charge is 0.145 e. The lowest BCUT2D eigenvalue weighted by Crippen LogP contribution is -2.08. The predicted molar refractivity (Wildman–Crippen MR) is 66.4 cm³/mol. The van der Waals surface area contributed by atoms with Gasteiger partial charge in [-0.2, -0.15) is 5.10 Å². The zero-order valence-corrected chi connectivity index (χ0v) is 9.73. The average Bonchev–Trinajstić information content (AvgIpc) is 3.06. The number of nitrogens with one attached hydrogen (secondary N) is 1. The van der Waals surface area contributed by atoms with E-state index < -0.39 is 0 Å². The van der Waals surface area contributed by atoms with Crippen molar-refractivity contribution in [3.8, 4) is 11.3 Å². The Bertz CT molecular complexity index is 526. The molecule has 0 aliphatic heterocycles. The second-order valence-electron chi connectivity index (χ2n) is 4.48. The molecule has 1 fully saturated rings. The molecule has 1 aromatic carbocycles. The van der Waals surface area contributed by atoms with Crippen LogP contribution >= 0.6 is 0 Å². The fourth-order valence-electron chi connectivity index (χ4n) is 2.16. The molecule has 0 unspecified atom stereocenters. The van der Waals surface area contributed by atoms with Crippen molar-refractivity contribution in [2.45, 2.75) is 18.4 Å². The number of methoxy groups -OCH3 is 1. The van der Waals surface area contributed by atoms with Gasteiger partial charge in [-0.1, -0.05) is 24.3 Å². The summed E-state index contributed by atoms with van der Waals surface area (Å²) in [5.41, 5.74) is 8.84. The van der Waals surface area contributed by atoms with Gasteiger partial charge in [-0.05, 0) is 24.0 Å². The summed E-state index contributed by atoms with van der Waals surface area (Å²) in [6, 6.07) is 10.2. The molecule has 0 atom stereocenters. The third-order valence-electron chi connectivity index (χ3n) is 3.41. The lowest BCUT2D eigenvalue weighted by molar-refractivity contribution is 0.0789. The van der Waals surface area contributed by atoms with E-state index in [1.54, 1.807) is 7.11 Å². The van der Waals surface area contributed by atoms with E-state index >= 15 is 0 Å². The molecular weight excluding hydrogens is 214 g/mol. The lowest BCUT2D eigenvalue weighted by Gasteiger charge is -2.13. The Kier molecular flexibility index (Phi) is 2.19. The van der Waals surface area contributed by atoms with Crippen LogP contribution in [0.3, 0.4) is 0 Å². The van der Waals surface area contributed by atoms with Gasteiger partial charge in [-0.25, -0.2) is 0 Å². The molecule has 88 valence electrons. The summed E-state index contributed by atoms with van der Waals surface area (Å²) in [4.78, 5) is 0. The maximum absolute atomic E-state index is 5.58. The first-order valence-corrected chi connectivity index (χ1v) is 5.70. The summed E-state index contributed by atoms with van der Waals surface area (Å²) in [6.45, 7) is 0. The molecule has 4 heteroatoms. The Morgan fingerprint density at radius 1 is 1.29 bits per heavy atom. The number of aromatic amines is 1. The zero-order chi connectivity index (χ0) is 11.9. The van der Waals surface area contributed by atoms with Crippen LogP contribution in [0.15, 0.2) is 30.3 Å². The fourth-order valence-corrected chi connectivity index (χ4v) is 2.16. The third-order valence-corrected chi connectivity index (χ3v) is 3.41. The molecule has 0 saturated heterocycles. The first kappa shape index (κ1) is 10.4. The molecule has 0 spiro atoms. The number of aromatic nitrogens is 2. The van der Waals surface area contributed by atoms with E-state index in [0.717, 1.165) is 24.1 Å². The first-order valence-electron chi connectivity index (χ1n) is 5.70. The molecule has 17 heavy (non-hydrogen) atoms. The summed E-state index contributed by atoms with van der Waals surface area (Å²) < 4.78 is 5.54. The van der Waals surface area contributed by atoms with Crippen molar-refractivity contribution >= 4 is 5.82 Å². The van der Waals surface area contributed by atoms with Gasteiger partial charge in [-0.3, -0.25) is 5.10 Å². The van der Waals surface area contributed by atoms with Gasteiger partial charge in [0.15, 0.2) is 0 Å². The van der Waals surface area contributed by atoms with Crippen LogP contribution in [0, 0.1) is 0 Å². The molecule has 4 nitrogen and oxygen atoms in total. The van der Waals surface area contributed by atoms with Gasteiger partial charge >= 0.3 is 0 Å². The summed E-state index contributed by atoms with van der Waals surface area (Å²) in [7, 11) is 1.77. The van der Waals surface area contributed by atoms with E-state index in [2.05, 4.69) is 34.5 Å². The number of nitrogens with two attached hydrogens (primary N) is 1. The van der Waals surface area contributed by atoms with Gasteiger partial charge in [0.25, 0.3) is 0 Å². The number of hydrogen-bond acceptors (Lipinski definition) is 3. The molecule has 0 amide bonds. The standard InChI is InChI=1S/C13H15N3O/c1-17-13(6-7-13)10-4-2-9(3-5-10)11-8-12(14)16-15-11/h2-5,8H,6-7H2,1H3,(H3,14,15,16). The number of benzene rings is 1. The minimum Gasteiger partial charge on any atom is -0.382 e. The maximum Gasteiger partial charge on any atom is 0.145 e. The predicted octanol–water partition coefficient (Wildman–Crippen LogP) is 2.29. The van der Waals surface area contributed by atoms with Crippen molar-refractivity contribution < 1.29 is 4.74 Å².